The van der Waals surface area contributed by atoms with Crippen LogP contribution >= 0.6 is 27.5 Å². The average molecular weight is 352 g/mol. The van der Waals surface area contributed by atoms with Crippen LogP contribution in [-0.2, 0) is 0 Å². The van der Waals surface area contributed by atoms with Crippen LogP contribution < -0.4 is 10.6 Å². The summed E-state index contributed by atoms with van der Waals surface area (Å²) in [6.45, 7) is 4.43. The number of nitrogens with zero attached hydrogens (tertiary/aromatic N) is 2. The Bertz CT molecular complexity index is 445. The Hall–Kier alpha value is -1.08. The topological polar surface area (TPSA) is 87.1 Å². The van der Waals surface area contributed by atoms with Crippen LogP contribution in [0.1, 0.15) is 20.3 Å². The number of nitrogens with one attached hydrogen (secondary N) is 2. The summed E-state index contributed by atoms with van der Waals surface area (Å²) in [7, 11) is 0. The van der Waals surface area contributed by atoms with E-state index >= 15 is 0 Å². The number of carboxylic acid groups (broad SMARTS) is 1. The quantitative estimate of drug-likeness (QED) is 0.686. The molecule has 0 saturated heterocycles. The summed E-state index contributed by atoms with van der Waals surface area (Å²) >= 11 is 9.06. The van der Waals surface area contributed by atoms with E-state index in [9.17, 15) is 4.79 Å². The van der Waals surface area contributed by atoms with Gasteiger partial charge in [-0.05, 0) is 39.9 Å². The molecular formula is C11H16BrClN4O2. The lowest BCUT2D eigenvalue weighted by Gasteiger charge is -2.21. The largest absolute Gasteiger partial charge is 0.465 e. The second-order valence-corrected chi connectivity index (χ2v) is 5.68. The first kappa shape index (κ1) is 16.0. The maximum atomic E-state index is 10.6. The Morgan fingerprint density at radius 2 is 2.26 bits per heavy atom. The van der Waals surface area contributed by atoms with Crippen LogP contribution in [0.15, 0.2) is 10.7 Å². The minimum Gasteiger partial charge on any atom is -0.465 e. The molecule has 0 aliphatic rings. The second kappa shape index (κ2) is 7.49. The number of amides is 1. The Morgan fingerprint density at radius 3 is 2.84 bits per heavy atom. The second-order valence-electron chi connectivity index (χ2n) is 4.49. The predicted molar refractivity (Wildman–Crippen MR) is 77.6 cm³/mol. The summed E-state index contributed by atoms with van der Waals surface area (Å²) in [5, 5.41) is 14.3. The fourth-order valence-electron chi connectivity index (χ4n) is 1.61. The van der Waals surface area contributed by atoms with Crippen LogP contribution in [0.4, 0.5) is 10.6 Å². The molecule has 3 N–H and O–H groups in total. The molecule has 0 aliphatic carbocycles. The van der Waals surface area contributed by atoms with Gasteiger partial charge in [-0.1, -0.05) is 13.8 Å². The fourth-order valence-corrected chi connectivity index (χ4v) is 2.05. The van der Waals surface area contributed by atoms with Crippen molar-refractivity contribution < 1.29 is 9.90 Å². The lowest BCUT2D eigenvalue weighted by molar-refractivity contribution is 0.193. The van der Waals surface area contributed by atoms with Gasteiger partial charge in [0.25, 0.3) is 0 Å². The third kappa shape index (κ3) is 6.07. The Labute approximate surface area is 125 Å². The summed E-state index contributed by atoms with van der Waals surface area (Å²) in [5.41, 5.74) is 0. The summed E-state index contributed by atoms with van der Waals surface area (Å²) in [4.78, 5) is 18.5. The standard InChI is InChI=1S/C11H16BrClN4O2/c1-6(2)3-7(4-15-11(18)19)16-9-8(12)5-14-10(13)17-9/h5-7,15H,3-4H2,1-2H3,(H,18,19)(H,14,16,17)/t7-/m1/s1. The molecule has 1 rings (SSSR count). The van der Waals surface area contributed by atoms with E-state index in [2.05, 4.69) is 50.4 Å². The molecule has 1 amide bonds. The average Bonchev–Trinajstić information content (AvgIpc) is 2.30. The van der Waals surface area contributed by atoms with E-state index in [1.165, 1.54) is 0 Å². The molecule has 0 unspecified atom stereocenters. The highest BCUT2D eigenvalue weighted by Crippen LogP contribution is 2.22. The van der Waals surface area contributed by atoms with Crippen molar-refractivity contribution in [3.05, 3.63) is 16.0 Å². The zero-order valence-electron chi connectivity index (χ0n) is 10.7. The highest BCUT2D eigenvalue weighted by molar-refractivity contribution is 9.10. The first-order valence-electron chi connectivity index (χ1n) is 5.80. The summed E-state index contributed by atoms with van der Waals surface area (Å²) < 4.78 is 0.681. The molecule has 19 heavy (non-hydrogen) atoms. The summed E-state index contributed by atoms with van der Waals surface area (Å²) in [6, 6.07) is -0.0710. The summed E-state index contributed by atoms with van der Waals surface area (Å²) in [5.74, 6) is 0.974. The van der Waals surface area contributed by atoms with Crippen LogP contribution in [0.25, 0.3) is 0 Å². The van der Waals surface area contributed by atoms with Crippen molar-refractivity contribution in [2.24, 2.45) is 5.92 Å². The van der Waals surface area contributed by atoms with Crippen molar-refractivity contribution in [1.82, 2.24) is 15.3 Å². The van der Waals surface area contributed by atoms with Gasteiger partial charge in [0.05, 0.1) is 4.47 Å². The monoisotopic (exact) mass is 350 g/mol. The zero-order valence-corrected chi connectivity index (χ0v) is 13.0. The fraction of sp³-hybridized carbons (Fsp3) is 0.545. The van der Waals surface area contributed by atoms with E-state index in [1.807, 2.05) is 0 Å². The number of hydrogen-bond donors (Lipinski definition) is 3. The Kier molecular flexibility index (Phi) is 6.30. The maximum absolute atomic E-state index is 10.6. The van der Waals surface area contributed by atoms with Gasteiger partial charge in [0.1, 0.15) is 5.82 Å². The van der Waals surface area contributed by atoms with Crippen molar-refractivity contribution in [1.29, 1.82) is 0 Å². The molecule has 0 saturated carbocycles. The van der Waals surface area contributed by atoms with Gasteiger partial charge in [-0.3, -0.25) is 0 Å². The number of anilines is 1. The predicted octanol–water partition coefficient (Wildman–Crippen LogP) is 2.99. The smallest absolute Gasteiger partial charge is 0.404 e. The molecule has 0 spiro atoms. The van der Waals surface area contributed by atoms with Gasteiger partial charge >= 0.3 is 6.09 Å². The van der Waals surface area contributed by atoms with E-state index in [0.717, 1.165) is 6.42 Å². The molecule has 1 aromatic rings. The van der Waals surface area contributed by atoms with Crippen molar-refractivity contribution >= 4 is 39.4 Å². The third-order valence-corrected chi connectivity index (χ3v) is 3.07. The zero-order chi connectivity index (χ0) is 14.4. The maximum Gasteiger partial charge on any atom is 0.404 e. The number of rotatable bonds is 6. The molecule has 0 fully saturated rings. The Balaban J connectivity index is 2.74. The number of hydrogen-bond acceptors (Lipinski definition) is 4. The SMILES string of the molecule is CC(C)C[C@H](CNC(=O)O)Nc1nc(Cl)ncc1Br. The van der Waals surface area contributed by atoms with Crippen LogP contribution in [0, 0.1) is 5.92 Å². The van der Waals surface area contributed by atoms with Crippen molar-refractivity contribution in [2.45, 2.75) is 26.3 Å². The van der Waals surface area contributed by atoms with Crippen LogP contribution in [0.2, 0.25) is 5.28 Å². The minimum absolute atomic E-state index is 0.0710. The van der Waals surface area contributed by atoms with Gasteiger partial charge in [0, 0.05) is 18.8 Å². The minimum atomic E-state index is -1.05. The molecule has 1 heterocycles. The molecule has 0 bridgehead atoms. The highest BCUT2D eigenvalue weighted by atomic mass is 79.9. The Morgan fingerprint density at radius 1 is 1.58 bits per heavy atom. The lowest BCUT2D eigenvalue weighted by atomic mass is 10.0. The van der Waals surface area contributed by atoms with Gasteiger partial charge in [0.2, 0.25) is 5.28 Å². The molecule has 0 aliphatic heterocycles. The molecule has 0 radical (unpaired) electrons. The van der Waals surface area contributed by atoms with Crippen LogP contribution in [0.5, 0.6) is 0 Å². The normalized spacial score (nSPS) is 12.3. The first-order chi connectivity index (χ1) is 8.88. The van der Waals surface area contributed by atoms with Gasteiger partial charge in [-0.15, -0.1) is 0 Å². The van der Waals surface area contributed by atoms with Gasteiger partial charge in [-0.2, -0.15) is 4.98 Å². The van der Waals surface area contributed by atoms with Gasteiger partial charge in [-0.25, -0.2) is 9.78 Å². The molecule has 1 aromatic heterocycles. The molecule has 8 heteroatoms. The number of halogens is 2. The number of carbonyl (C=O) groups is 1. The first-order valence-corrected chi connectivity index (χ1v) is 6.97. The molecule has 106 valence electrons. The van der Waals surface area contributed by atoms with Crippen molar-refractivity contribution in [3.8, 4) is 0 Å². The number of aromatic nitrogens is 2. The van der Waals surface area contributed by atoms with E-state index in [4.69, 9.17) is 16.7 Å². The third-order valence-electron chi connectivity index (χ3n) is 2.31. The van der Waals surface area contributed by atoms with E-state index in [0.29, 0.717) is 22.8 Å². The molecule has 0 aromatic carbocycles. The van der Waals surface area contributed by atoms with E-state index in [1.54, 1.807) is 6.20 Å². The van der Waals surface area contributed by atoms with E-state index < -0.39 is 6.09 Å². The van der Waals surface area contributed by atoms with Crippen LogP contribution in [-0.4, -0.2) is 33.8 Å². The van der Waals surface area contributed by atoms with E-state index in [-0.39, 0.29) is 11.3 Å². The molecule has 6 nitrogen and oxygen atoms in total. The van der Waals surface area contributed by atoms with Crippen LogP contribution in [0.3, 0.4) is 0 Å². The lowest BCUT2D eigenvalue weighted by Crippen LogP contribution is -2.37. The van der Waals surface area contributed by atoms with Crippen molar-refractivity contribution in [3.63, 3.8) is 0 Å². The van der Waals surface area contributed by atoms with Crippen molar-refractivity contribution in [2.75, 3.05) is 11.9 Å². The van der Waals surface area contributed by atoms with Gasteiger partial charge in [0.15, 0.2) is 0 Å². The highest BCUT2D eigenvalue weighted by Gasteiger charge is 2.14. The molecular weight excluding hydrogens is 336 g/mol. The summed E-state index contributed by atoms with van der Waals surface area (Å²) in [6.07, 6.45) is 1.30. The van der Waals surface area contributed by atoms with Gasteiger partial charge < -0.3 is 15.7 Å². The molecule has 1 atom stereocenters.